The fourth-order valence-corrected chi connectivity index (χ4v) is 6.29. The molecule has 0 aliphatic carbocycles. The van der Waals surface area contributed by atoms with E-state index in [1.54, 1.807) is 12.1 Å². The first-order valence-electron chi connectivity index (χ1n) is 13.5. The largest absolute Gasteiger partial charge is 0.474 e. The quantitative estimate of drug-likeness (QED) is 0.300. The molecule has 0 unspecified atom stereocenters. The van der Waals surface area contributed by atoms with Gasteiger partial charge in [-0.3, -0.25) is 4.57 Å². The van der Waals surface area contributed by atoms with Gasteiger partial charge in [0, 0.05) is 0 Å². The van der Waals surface area contributed by atoms with Gasteiger partial charge in [0.05, 0.1) is 29.6 Å². The average Bonchev–Trinajstić information content (AvgIpc) is 3.56. The van der Waals surface area contributed by atoms with E-state index < -0.39 is 7.60 Å². The lowest BCUT2D eigenvalue weighted by molar-refractivity contribution is 0.111. The zero-order valence-electron chi connectivity index (χ0n) is 23.2. The molecule has 36 heavy (non-hydrogen) atoms. The highest BCUT2D eigenvalue weighted by Crippen LogP contribution is 2.51. The fourth-order valence-electron chi connectivity index (χ4n) is 4.05. The number of hydrogen-bond acceptors (Lipinski definition) is 8. The second-order valence-electron chi connectivity index (χ2n) is 10.3. The normalized spacial score (nSPS) is 20.3. The summed E-state index contributed by atoms with van der Waals surface area (Å²) in [5.74, 6) is 1.55. The summed E-state index contributed by atoms with van der Waals surface area (Å²) in [7, 11) is -3.71. The molecule has 0 fully saturated rings. The Hall–Kier alpha value is -1.76. The predicted octanol–water partition coefficient (Wildman–Crippen LogP) is 5.91. The van der Waals surface area contributed by atoms with Gasteiger partial charge in [-0.25, -0.2) is 15.0 Å². The summed E-state index contributed by atoms with van der Waals surface area (Å²) in [5, 5.41) is 0.430. The lowest BCUT2D eigenvalue weighted by Crippen LogP contribution is -2.24. The number of nitrogens with zero attached hydrogens (tertiary/aromatic N) is 3. The van der Waals surface area contributed by atoms with E-state index in [2.05, 4.69) is 27.7 Å². The Morgan fingerprint density at radius 1 is 0.806 bits per heavy atom. The first kappa shape index (κ1) is 28.8. The molecule has 1 aromatic heterocycles. The summed E-state index contributed by atoms with van der Waals surface area (Å²) >= 11 is 0. The molecule has 8 nitrogen and oxygen atoms in total. The van der Waals surface area contributed by atoms with Gasteiger partial charge in [-0.1, -0.05) is 55.4 Å². The van der Waals surface area contributed by atoms with E-state index >= 15 is 0 Å². The maximum atomic E-state index is 14.5. The van der Waals surface area contributed by atoms with Crippen LogP contribution < -0.4 is 5.30 Å². The van der Waals surface area contributed by atoms with Crippen LogP contribution in [0.4, 0.5) is 0 Å². The van der Waals surface area contributed by atoms with Gasteiger partial charge in [-0.15, -0.1) is 0 Å². The molecule has 9 heteroatoms. The van der Waals surface area contributed by atoms with Crippen molar-refractivity contribution in [2.45, 2.75) is 105 Å². The van der Waals surface area contributed by atoms with E-state index in [4.69, 9.17) is 33.5 Å². The Balaban J connectivity index is 2.14. The summed E-state index contributed by atoms with van der Waals surface area (Å²) in [6.07, 6.45) is 2.54. The van der Waals surface area contributed by atoms with Crippen LogP contribution in [-0.2, 0) is 23.1 Å². The van der Waals surface area contributed by atoms with Gasteiger partial charge in [-0.2, -0.15) is 0 Å². The van der Waals surface area contributed by atoms with Crippen molar-refractivity contribution in [2.24, 2.45) is 21.8 Å². The highest BCUT2D eigenvalue weighted by molar-refractivity contribution is 7.62. The van der Waals surface area contributed by atoms with Crippen molar-refractivity contribution in [3.8, 4) is 0 Å². The fraction of sp³-hybridized carbons (Fsp3) is 0.741. The van der Waals surface area contributed by atoms with Crippen LogP contribution >= 0.6 is 7.60 Å². The molecule has 2 aliphatic heterocycles. The molecule has 1 aromatic rings. The first-order valence-corrected chi connectivity index (χ1v) is 15.1. The van der Waals surface area contributed by atoms with E-state index in [0.717, 1.165) is 25.7 Å². The predicted molar refractivity (Wildman–Crippen MR) is 145 cm³/mol. The molecule has 0 radical (unpaired) electrons. The molecule has 0 saturated heterocycles. The summed E-state index contributed by atoms with van der Waals surface area (Å²) < 4.78 is 38.9. The van der Waals surface area contributed by atoms with Crippen molar-refractivity contribution in [1.82, 2.24) is 4.98 Å². The van der Waals surface area contributed by atoms with Gasteiger partial charge in [0.1, 0.15) is 24.6 Å². The minimum Gasteiger partial charge on any atom is -0.474 e. The van der Waals surface area contributed by atoms with Crippen molar-refractivity contribution in [3.63, 3.8) is 0 Å². The average molecular weight is 522 g/mol. The van der Waals surface area contributed by atoms with Crippen LogP contribution in [0.3, 0.4) is 0 Å². The monoisotopic (exact) mass is 521 g/mol. The van der Waals surface area contributed by atoms with Crippen molar-refractivity contribution in [2.75, 3.05) is 13.2 Å². The Labute approximate surface area is 216 Å². The van der Waals surface area contributed by atoms with Gasteiger partial charge in [0.2, 0.25) is 11.8 Å². The van der Waals surface area contributed by atoms with Gasteiger partial charge in [0.25, 0.3) is 0 Å². The van der Waals surface area contributed by atoms with Crippen LogP contribution in [0.15, 0.2) is 22.1 Å². The molecule has 3 rings (SSSR count). The number of pyridine rings is 1. The summed E-state index contributed by atoms with van der Waals surface area (Å²) in [5.41, 5.74) is 0.984. The Kier molecular flexibility index (Phi) is 10.1. The molecule has 0 N–H and O–H groups in total. The van der Waals surface area contributed by atoms with Crippen molar-refractivity contribution in [1.29, 1.82) is 0 Å². The molecule has 0 amide bonds. The highest BCUT2D eigenvalue weighted by atomic mass is 31.2. The Morgan fingerprint density at radius 3 is 1.50 bits per heavy atom. The second-order valence-corrected chi connectivity index (χ2v) is 12.2. The van der Waals surface area contributed by atoms with Gasteiger partial charge >= 0.3 is 7.60 Å². The molecule has 2 atom stereocenters. The van der Waals surface area contributed by atoms with Crippen LogP contribution in [0.5, 0.6) is 0 Å². The van der Waals surface area contributed by atoms with Crippen LogP contribution in [0.2, 0.25) is 0 Å². The zero-order valence-corrected chi connectivity index (χ0v) is 24.1. The van der Waals surface area contributed by atoms with Crippen molar-refractivity contribution in [3.05, 3.63) is 23.5 Å². The molecule has 202 valence electrons. The summed E-state index contributed by atoms with van der Waals surface area (Å²) in [6.45, 7) is 17.6. The third-order valence-corrected chi connectivity index (χ3v) is 8.89. The molecule has 2 aliphatic rings. The molecule has 0 saturated carbocycles. The third-order valence-electron chi connectivity index (χ3n) is 6.85. The maximum absolute atomic E-state index is 14.5. The minimum atomic E-state index is -3.71. The zero-order chi connectivity index (χ0) is 26.5. The van der Waals surface area contributed by atoms with Crippen LogP contribution in [0, 0.1) is 11.8 Å². The lowest BCUT2D eigenvalue weighted by Gasteiger charge is -2.27. The number of rotatable bonds is 13. The third kappa shape index (κ3) is 6.76. The van der Waals surface area contributed by atoms with E-state index in [1.807, 2.05) is 27.7 Å². The summed E-state index contributed by atoms with van der Waals surface area (Å²) in [6, 6.07) is 3.58. The molecule has 0 bridgehead atoms. The smallest absolute Gasteiger partial charge is 0.362 e. The van der Waals surface area contributed by atoms with Gasteiger partial charge in [0.15, 0.2) is 0 Å². The number of aromatic nitrogens is 1. The number of ether oxygens (including phenoxy) is 2. The molecular weight excluding hydrogens is 477 g/mol. The van der Waals surface area contributed by atoms with E-state index in [1.165, 1.54) is 0 Å². The topological polar surface area (TPSA) is 91.6 Å². The highest BCUT2D eigenvalue weighted by Gasteiger charge is 2.36. The Morgan fingerprint density at radius 2 is 1.19 bits per heavy atom. The number of aliphatic imine (C=N–C) groups is 2. The molecule has 0 spiro atoms. The lowest BCUT2D eigenvalue weighted by atomic mass is 10.1. The maximum Gasteiger partial charge on any atom is 0.362 e. The summed E-state index contributed by atoms with van der Waals surface area (Å²) in [4.78, 5) is 14.3. The molecular formula is C27H44N3O5P. The van der Waals surface area contributed by atoms with E-state index in [9.17, 15) is 4.57 Å². The van der Waals surface area contributed by atoms with Crippen molar-refractivity contribution >= 4 is 24.7 Å². The van der Waals surface area contributed by atoms with Crippen LogP contribution in [-0.4, -0.2) is 54.3 Å². The Bertz CT molecular complexity index is 915. The van der Waals surface area contributed by atoms with Crippen molar-refractivity contribution < 1.29 is 23.1 Å². The molecule has 0 aromatic carbocycles. The first-order chi connectivity index (χ1) is 17.1. The van der Waals surface area contributed by atoms with E-state index in [0.29, 0.717) is 53.5 Å². The number of hydrogen-bond donors (Lipinski definition) is 0. The van der Waals surface area contributed by atoms with Gasteiger partial charge < -0.3 is 18.5 Å². The van der Waals surface area contributed by atoms with E-state index in [-0.39, 0.29) is 24.3 Å². The van der Waals surface area contributed by atoms with Crippen LogP contribution in [0.1, 0.15) is 92.5 Å². The molecule has 3 heterocycles. The SMILES string of the molecule is CCC(CC)OP(=O)(OC(CC)CC)c1cc(C2=N[C@@H](C(C)C)CO2)nc(C2=N[C@@H](C(C)C)CO2)c1. The van der Waals surface area contributed by atoms with Gasteiger partial charge in [-0.05, 0) is 49.7 Å². The second kappa shape index (κ2) is 12.7. The van der Waals surface area contributed by atoms with Crippen LogP contribution in [0.25, 0.3) is 0 Å². The standard InChI is InChI=1S/C27H44N3O5P/c1-9-19(10-2)34-36(31,35-20(11-3)12-4)21-13-22(26-29-24(15-32-26)17(5)6)28-23(14-21)27-30-25(16-33-27)18(7)8/h13-14,17-20,24-25H,9-12,15-16H2,1-8H3/t24-,25-/m1/s1. The minimum absolute atomic E-state index is 0.0488.